The molecule has 0 aromatic rings. The highest BCUT2D eigenvalue weighted by Gasteiger charge is 2.70. The molecular formula is C31H47BrF4O12. The summed E-state index contributed by atoms with van der Waals surface area (Å²) in [6.45, 7) is 2.96. The molecule has 4 aliphatic rings. The van der Waals surface area contributed by atoms with Crippen LogP contribution in [0.5, 0.6) is 0 Å². The van der Waals surface area contributed by atoms with Crippen LogP contribution in [0.15, 0.2) is 0 Å². The monoisotopic (exact) mass is 766 g/mol. The maximum atomic E-state index is 13.9. The zero-order chi connectivity index (χ0) is 35.3. The summed E-state index contributed by atoms with van der Waals surface area (Å²) in [7, 11) is 3.12. The van der Waals surface area contributed by atoms with E-state index in [1.54, 1.807) is 30.1 Å². The first-order valence-electron chi connectivity index (χ1n) is 16.0. The molecule has 4 rings (SSSR count). The number of ether oxygens (including phenoxy) is 9. The van der Waals surface area contributed by atoms with Crippen LogP contribution in [0.3, 0.4) is 0 Å². The summed E-state index contributed by atoms with van der Waals surface area (Å²) in [5, 5.41) is 0. The van der Waals surface area contributed by atoms with Gasteiger partial charge in [-0.15, -0.1) is 0 Å². The van der Waals surface area contributed by atoms with Crippen LogP contribution < -0.4 is 0 Å². The van der Waals surface area contributed by atoms with Crippen LogP contribution in [-0.4, -0.2) is 128 Å². The number of rotatable bonds is 25. The van der Waals surface area contributed by atoms with E-state index < -0.39 is 57.9 Å². The van der Waals surface area contributed by atoms with Gasteiger partial charge in [-0.1, -0.05) is 0 Å². The molecule has 0 saturated heterocycles. The van der Waals surface area contributed by atoms with Crippen molar-refractivity contribution in [1.82, 2.24) is 0 Å². The molecule has 4 aliphatic carbocycles. The Bertz CT molecular complexity index is 995. The molecule has 4 bridgehead atoms. The minimum absolute atomic E-state index is 0.00147. The van der Waals surface area contributed by atoms with Crippen LogP contribution in [0.25, 0.3) is 0 Å². The van der Waals surface area contributed by atoms with Gasteiger partial charge in [0.2, 0.25) is 0 Å². The predicted octanol–water partition coefficient (Wildman–Crippen LogP) is 4.09. The lowest BCUT2D eigenvalue weighted by atomic mass is 9.42. The van der Waals surface area contributed by atoms with Crippen molar-refractivity contribution in [2.75, 3.05) is 93.5 Å². The van der Waals surface area contributed by atoms with Gasteiger partial charge in [-0.05, 0) is 47.5 Å². The Balaban J connectivity index is 1.64. The fourth-order valence-corrected chi connectivity index (χ4v) is 7.43. The Labute approximate surface area is 286 Å². The molecule has 48 heavy (non-hydrogen) atoms. The molecule has 17 heteroatoms. The minimum Gasteiger partial charge on any atom is -0.463 e. The molecule has 4 saturated carbocycles. The molecule has 2 atom stereocenters. The molecule has 0 spiro atoms. The molecule has 0 heterocycles. The molecule has 0 aromatic carbocycles. The van der Waals surface area contributed by atoms with E-state index >= 15 is 0 Å². The first-order chi connectivity index (χ1) is 22.7. The Morgan fingerprint density at radius 2 is 1.06 bits per heavy atom. The Morgan fingerprint density at radius 1 is 0.646 bits per heavy atom. The van der Waals surface area contributed by atoms with Crippen LogP contribution in [0.4, 0.5) is 17.6 Å². The second kappa shape index (κ2) is 18.6. The highest BCUT2D eigenvalue weighted by molar-refractivity contribution is 9.10. The summed E-state index contributed by atoms with van der Waals surface area (Å²) in [6.07, 6.45) is -1.34. The third-order valence-electron chi connectivity index (χ3n) is 8.80. The number of hydrogen-bond donors (Lipinski definition) is 0. The normalized spacial score (nSPS) is 26.4. The van der Waals surface area contributed by atoms with E-state index in [0.29, 0.717) is 52.5 Å². The second-order valence-electron chi connectivity index (χ2n) is 12.6. The van der Waals surface area contributed by atoms with Gasteiger partial charge in [-0.2, -0.15) is 17.6 Å². The highest BCUT2D eigenvalue weighted by Crippen LogP contribution is 2.68. The van der Waals surface area contributed by atoms with Gasteiger partial charge in [0, 0.05) is 33.5 Å². The predicted molar refractivity (Wildman–Crippen MR) is 162 cm³/mol. The summed E-state index contributed by atoms with van der Waals surface area (Å²) in [6, 6.07) is 0. The van der Waals surface area contributed by atoms with Crippen molar-refractivity contribution in [3.05, 3.63) is 0 Å². The maximum absolute atomic E-state index is 13.9. The third kappa shape index (κ3) is 11.5. The Kier molecular flexibility index (Phi) is 15.8. The van der Waals surface area contributed by atoms with Gasteiger partial charge in [0.05, 0.1) is 83.3 Å². The smallest absolute Gasteiger partial charge is 0.363 e. The van der Waals surface area contributed by atoms with E-state index in [0.717, 1.165) is 0 Å². The zero-order valence-electron chi connectivity index (χ0n) is 27.5. The molecule has 278 valence electrons. The number of alkyl halides is 5. The van der Waals surface area contributed by atoms with Crippen LogP contribution in [0.2, 0.25) is 0 Å². The van der Waals surface area contributed by atoms with Gasteiger partial charge in [-0.3, -0.25) is 14.4 Å². The summed E-state index contributed by atoms with van der Waals surface area (Å²) in [4.78, 5) is 35.6. The first-order valence-corrected chi connectivity index (χ1v) is 16.8. The van der Waals surface area contributed by atoms with Crippen molar-refractivity contribution >= 4 is 33.8 Å². The average molecular weight is 768 g/mol. The quantitative estimate of drug-likeness (QED) is 0.0436. The number of methoxy groups -OCH3 is 2. The van der Waals surface area contributed by atoms with Crippen molar-refractivity contribution in [1.29, 1.82) is 0 Å². The summed E-state index contributed by atoms with van der Waals surface area (Å²) < 4.78 is 103. The number of hydrogen-bond acceptors (Lipinski definition) is 12. The molecule has 0 radical (unpaired) electrons. The van der Waals surface area contributed by atoms with E-state index in [-0.39, 0.29) is 71.2 Å². The SMILES string of the molecule is COCCOCCOCCOC(=O)C12CC3CC(OC(=O)CCC(F)(F)C(F)(F)Br)(C1)CC(C(=O)OCCOCCOCCOC)(C3)C2. The van der Waals surface area contributed by atoms with E-state index in [4.69, 9.17) is 42.6 Å². The van der Waals surface area contributed by atoms with Gasteiger partial charge in [0.25, 0.3) is 0 Å². The van der Waals surface area contributed by atoms with E-state index in [9.17, 15) is 31.9 Å². The molecule has 12 nitrogen and oxygen atoms in total. The molecule has 2 unspecified atom stereocenters. The lowest BCUT2D eigenvalue weighted by molar-refractivity contribution is -0.237. The third-order valence-corrected chi connectivity index (χ3v) is 9.38. The van der Waals surface area contributed by atoms with Crippen LogP contribution in [-0.2, 0) is 57.0 Å². The van der Waals surface area contributed by atoms with Crippen LogP contribution in [0.1, 0.15) is 51.4 Å². The van der Waals surface area contributed by atoms with Crippen LogP contribution in [0, 0.1) is 16.7 Å². The van der Waals surface area contributed by atoms with E-state index in [1.165, 1.54) is 0 Å². The van der Waals surface area contributed by atoms with E-state index in [1.807, 2.05) is 0 Å². The van der Waals surface area contributed by atoms with E-state index in [2.05, 4.69) is 0 Å². The zero-order valence-corrected chi connectivity index (χ0v) is 29.1. The van der Waals surface area contributed by atoms with Gasteiger partial charge in [0.1, 0.15) is 18.8 Å². The topological polar surface area (TPSA) is 134 Å². The number of carbonyl (C=O) groups is 3. The maximum Gasteiger partial charge on any atom is 0.363 e. The molecule has 0 aromatic heterocycles. The van der Waals surface area contributed by atoms with Gasteiger partial charge < -0.3 is 42.6 Å². The Morgan fingerprint density at radius 3 is 1.48 bits per heavy atom. The molecule has 0 aliphatic heterocycles. The lowest BCUT2D eigenvalue weighted by Crippen LogP contribution is -2.65. The molecule has 0 amide bonds. The standard InChI is InChI=1S/C31H47BrF4O12/c1-40-5-7-42-9-11-44-13-15-46-25(38)27-17-23-18-28(20-27,26(39)47-16-14-45-12-10-43-8-6-41-2)22-29(19-23,21-27)48-24(37)3-4-30(33,34)31(32,35)36/h23H,3-22H2,1-2H3. The molecule has 0 N–H and O–H groups in total. The molecule has 4 fully saturated rings. The van der Waals surface area contributed by atoms with Crippen molar-refractivity contribution in [3.8, 4) is 0 Å². The van der Waals surface area contributed by atoms with Crippen molar-refractivity contribution < 1.29 is 74.6 Å². The van der Waals surface area contributed by atoms with Crippen molar-refractivity contribution in [2.45, 2.75) is 67.7 Å². The lowest BCUT2D eigenvalue weighted by Gasteiger charge is -2.63. The summed E-state index contributed by atoms with van der Waals surface area (Å²) >= 11 is 1.67. The number of halogens is 5. The minimum atomic E-state index is -4.51. The largest absolute Gasteiger partial charge is 0.463 e. The first kappa shape index (κ1) is 40.8. The van der Waals surface area contributed by atoms with Gasteiger partial charge >= 0.3 is 28.7 Å². The summed E-state index contributed by atoms with van der Waals surface area (Å²) in [5.41, 5.74) is -3.80. The second-order valence-corrected chi connectivity index (χ2v) is 13.6. The van der Waals surface area contributed by atoms with Gasteiger partial charge in [0.15, 0.2) is 0 Å². The fraction of sp³-hybridized carbons (Fsp3) is 0.903. The number of carbonyl (C=O) groups excluding carboxylic acids is 3. The summed E-state index contributed by atoms with van der Waals surface area (Å²) in [5.74, 6) is -7.05. The molecular weight excluding hydrogens is 720 g/mol. The van der Waals surface area contributed by atoms with Crippen molar-refractivity contribution in [3.63, 3.8) is 0 Å². The number of esters is 3. The van der Waals surface area contributed by atoms with Gasteiger partial charge in [-0.25, -0.2) is 0 Å². The van der Waals surface area contributed by atoms with Crippen LogP contribution >= 0.6 is 15.9 Å². The van der Waals surface area contributed by atoms with Crippen molar-refractivity contribution in [2.24, 2.45) is 16.7 Å². The Hall–Kier alpha value is -1.63. The fourth-order valence-electron chi connectivity index (χ4n) is 7.23. The highest BCUT2D eigenvalue weighted by atomic mass is 79.9. The average Bonchev–Trinajstić information content (AvgIpc) is 3.00.